The highest BCUT2D eigenvalue weighted by molar-refractivity contribution is 5.94. The number of nitrogens with one attached hydrogen (secondary N) is 2. The highest BCUT2D eigenvalue weighted by Crippen LogP contribution is 2.26. The zero-order valence-electron chi connectivity index (χ0n) is 16.5. The van der Waals surface area contributed by atoms with Gasteiger partial charge in [-0.25, -0.2) is 0 Å². The van der Waals surface area contributed by atoms with E-state index < -0.39 is 0 Å². The normalized spacial score (nSPS) is 22.3. The number of ether oxygens (including phenoxy) is 1. The number of amides is 1. The zero-order valence-corrected chi connectivity index (χ0v) is 16.5. The molecule has 1 aliphatic rings. The molecular formula is C21H33N2O3+. The van der Waals surface area contributed by atoms with Gasteiger partial charge in [0.15, 0.2) is 6.04 Å². The maximum absolute atomic E-state index is 12.8. The van der Waals surface area contributed by atoms with Crippen LogP contribution in [0.3, 0.4) is 0 Å². The first-order valence-corrected chi connectivity index (χ1v) is 9.88. The van der Waals surface area contributed by atoms with E-state index in [1.807, 2.05) is 32.0 Å². The van der Waals surface area contributed by atoms with Crippen LogP contribution in [0.5, 0.6) is 0 Å². The number of anilines is 1. The van der Waals surface area contributed by atoms with Crippen LogP contribution in [0.4, 0.5) is 5.69 Å². The van der Waals surface area contributed by atoms with Crippen LogP contribution in [-0.4, -0.2) is 37.6 Å². The van der Waals surface area contributed by atoms with E-state index in [4.69, 9.17) is 4.74 Å². The molecule has 2 rings (SSSR count). The highest BCUT2D eigenvalue weighted by atomic mass is 16.5. The first kappa shape index (κ1) is 20.4. The Balaban J connectivity index is 1.94. The van der Waals surface area contributed by atoms with Gasteiger partial charge in [-0.15, -0.1) is 0 Å². The maximum atomic E-state index is 12.8. The molecule has 0 spiro atoms. The van der Waals surface area contributed by atoms with E-state index >= 15 is 0 Å². The van der Waals surface area contributed by atoms with Crippen molar-refractivity contribution in [3.8, 4) is 0 Å². The van der Waals surface area contributed by atoms with Gasteiger partial charge in [-0.1, -0.05) is 32.0 Å². The minimum absolute atomic E-state index is 0.0138. The second-order valence-corrected chi connectivity index (χ2v) is 7.29. The van der Waals surface area contributed by atoms with Gasteiger partial charge < -0.3 is 15.0 Å². The summed E-state index contributed by atoms with van der Waals surface area (Å²) in [5, 5.41) is 3.13. The first-order valence-electron chi connectivity index (χ1n) is 9.88. The zero-order chi connectivity index (χ0) is 19.1. The van der Waals surface area contributed by atoms with Crippen molar-refractivity contribution in [1.82, 2.24) is 0 Å². The molecule has 2 atom stereocenters. The van der Waals surface area contributed by atoms with Gasteiger partial charge in [-0.05, 0) is 37.8 Å². The third kappa shape index (κ3) is 5.07. The smallest absolute Gasteiger partial charge is 0.309 e. The summed E-state index contributed by atoms with van der Waals surface area (Å²) >= 11 is 0. The van der Waals surface area contributed by atoms with Gasteiger partial charge in [-0.3, -0.25) is 9.59 Å². The van der Waals surface area contributed by atoms with Crippen LogP contribution in [0.2, 0.25) is 0 Å². The van der Waals surface area contributed by atoms with E-state index in [0.717, 1.165) is 38.0 Å². The predicted molar refractivity (Wildman–Crippen MR) is 103 cm³/mol. The SMILES string of the molecule is CCOC(=O)C1CC[NH+]([C@@H](C)C(=O)Nc2ccccc2[C@@H](C)CC)CC1. The summed E-state index contributed by atoms with van der Waals surface area (Å²) in [5.74, 6) is 0.353. The van der Waals surface area contributed by atoms with Gasteiger partial charge in [0.05, 0.1) is 25.6 Å². The van der Waals surface area contributed by atoms with Crippen LogP contribution in [0.25, 0.3) is 0 Å². The molecule has 0 radical (unpaired) electrons. The van der Waals surface area contributed by atoms with Crippen molar-refractivity contribution in [2.45, 2.75) is 58.9 Å². The molecule has 1 heterocycles. The molecule has 1 amide bonds. The molecule has 1 aliphatic heterocycles. The summed E-state index contributed by atoms with van der Waals surface area (Å²) in [6, 6.07) is 7.92. The van der Waals surface area contributed by atoms with Gasteiger partial charge in [0.1, 0.15) is 0 Å². The summed E-state index contributed by atoms with van der Waals surface area (Å²) in [7, 11) is 0. The van der Waals surface area contributed by atoms with Crippen molar-refractivity contribution in [1.29, 1.82) is 0 Å². The number of quaternary nitrogens is 1. The number of rotatable bonds is 7. The molecule has 1 saturated heterocycles. The fourth-order valence-corrected chi connectivity index (χ4v) is 3.60. The lowest BCUT2D eigenvalue weighted by atomic mass is 9.95. The van der Waals surface area contributed by atoms with Gasteiger partial charge in [-0.2, -0.15) is 0 Å². The third-order valence-corrected chi connectivity index (χ3v) is 5.62. The van der Waals surface area contributed by atoms with E-state index in [1.54, 1.807) is 0 Å². The van der Waals surface area contributed by atoms with Crippen LogP contribution in [-0.2, 0) is 14.3 Å². The van der Waals surface area contributed by atoms with Crippen LogP contribution in [0.15, 0.2) is 24.3 Å². The van der Waals surface area contributed by atoms with Crippen LogP contribution >= 0.6 is 0 Å². The van der Waals surface area contributed by atoms with Gasteiger partial charge >= 0.3 is 5.97 Å². The molecular weight excluding hydrogens is 328 g/mol. The summed E-state index contributed by atoms with van der Waals surface area (Å²) in [6.07, 6.45) is 2.61. The van der Waals surface area contributed by atoms with Crippen LogP contribution in [0.1, 0.15) is 58.4 Å². The number of benzene rings is 1. The minimum Gasteiger partial charge on any atom is -0.466 e. The molecule has 1 aromatic carbocycles. The van der Waals surface area contributed by atoms with Crippen LogP contribution < -0.4 is 10.2 Å². The molecule has 0 bridgehead atoms. The Morgan fingerprint density at radius 2 is 1.85 bits per heavy atom. The Morgan fingerprint density at radius 1 is 1.19 bits per heavy atom. The molecule has 2 N–H and O–H groups in total. The van der Waals surface area contributed by atoms with E-state index in [2.05, 4.69) is 25.2 Å². The topological polar surface area (TPSA) is 59.8 Å². The Labute approximate surface area is 157 Å². The first-order chi connectivity index (χ1) is 12.5. The Bertz CT molecular complexity index is 609. The van der Waals surface area contributed by atoms with Gasteiger partial charge in [0.2, 0.25) is 0 Å². The molecule has 26 heavy (non-hydrogen) atoms. The number of likely N-dealkylation sites (tertiary alicyclic amines) is 1. The van der Waals surface area contributed by atoms with Crippen molar-refractivity contribution < 1.29 is 19.2 Å². The third-order valence-electron chi connectivity index (χ3n) is 5.62. The summed E-state index contributed by atoms with van der Waals surface area (Å²) in [5.41, 5.74) is 2.10. The number of esters is 1. The van der Waals surface area contributed by atoms with E-state index in [1.165, 1.54) is 10.5 Å². The highest BCUT2D eigenvalue weighted by Gasteiger charge is 2.33. The lowest BCUT2D eigenvalue weighted by molar-refractivity contribution is -0.919. The van der Waals surface area contributed by atoms with E-state index in [-0.39, 0.29) is 23.8 Å². The average Bonchev–Trinajstić information content (AvgIpc) is 2.67. The van der Waals surface area contributed by atoms with Crippen molar-refractivity contribution in [3.63, 3.8) is 0 Å². The maximum Gasteiger partial charge on any atom is 0.309 e. The standard InChI is InChI=1S/C21H32N2O3/c1-5-15(3)18-9-7-8-10-19(18)22-20(24)16(4)23-13-11-17(12-14-23)21(25)26-6-2/h7-10,15-17H,5-6,11-14H2,1-4H3,(H,22,24)/p+1/t15-,16-/m0/s1. The van der Waals surface area contributed by atoms with Gasteiger partial charge in [0.25, 0.3) is 5.91 Å². The second kappa shape index (κ2) is 9.72. The largest absolute Gasteiger partial charge is 0.466 e. The number of hydrogen-bond donors (Lipinski definition) is 2. The molecule has 0 saturated carbocycles. The van der Waals surface area contributed by atoms with Crippen molar-refractivity contribution >= 4 is 17.6 Å². The number of carbonyl (C=O) groups excluding carboxylic acids is 2. The number of hydrogen-bond acceptors (Lipinski definition) is 3. The predicted octanol–water partition coefficient (Wildman–Crippen LogP) is 2.39. The minimum atomic E-state index is -0.136. The molecule has 0 aromatic heterocycles. The van der Waals surface area contributed by atoms with Crippen molar-refractivity contribution in [2.24, 2.45) is 5.92 Å². The molecule has 1 fully saturated rings. The molecule has 1 aromatic rings. The van der Waals surface area contributed by atoms with E-state index in [0.29, 0.717) is 12.5 Å². The van der Waals surface area contributed by atoms with E-state index in [9.17, 15) is 9.59 Å². The van der Waals surface area contributed by atoms with Crippen molar-refractivity contribution in [3.05, 3.63) is 29.8 Å². The number of piperidine rings is 1. The number of para-hydroxylation sites is 1. The summed E-state index contributed by atoms with van der Waals surface area (Å²) < 4.78 is 5.12. The molecule has 0 unspecified atom stereocenters. The Morgan fingerprint density at radius 3 is 2.46 bits per heavy atom. The lowest BCUT2D eigenvalue weighted by Gasteiger charge is -2.31. The molecule has 0 aliphatic carbocycles. The average molecular weight is 362 g/mol. The molecule has 144 valence electrons. The van der Waals surface area contributed by atoms with Gasteiger partial charge in [0, 0.05) is 18.5 Å². The van der Waals surface area contributed by atoms with Crippen LogP contribution in [0, 0.1) is 5.92 Å². The molecule has 5 heteroatoms. The quantitative estimate of drug-likeness (QED) is 0.733. The lowest BCUT2D eigenvalue weighted by Crippen LogP contribution is -3.17. The van der Waals surface area contributed by atoms with Crippen molar-refractivity contribution in [2.75, 3.05) is 25.0 Å². The summed E-state index contributed by atoms with van der Waals surface area (Å²) in [6.45, 7) is 10.2. The Kier molecular flexibility index (Phi) is 7.64. The summed E-state index contributed by atoms with van der Waals surface area (Å²) in [4.78, 5) is 25.9. The fourth-order valence-electron chi connectivity index (χ4n) is 3.60. The fraction of sp³-hybridized carbons (Fsp3) is 0.619. The molecule has 5 nitrogen and oxygen atoms in total. The monoisotopic (exact) mass is 361 g/mol. The second-order valence-electron chi connectivity index (χ2n) is 7.29. The number of carbonyl (C=O) groups is 2. The Hall–Kier alpha value is -1.88.